The van der Waals surface area contributed by atoms with Gasteiger partial charge in [-0.15, -0.1) is 0 Å². The van der Waals surface area contributed by atoms with E-state index < -0.39 is 6.04 Å². The third-order valence-electron chi connectivity index (χ3n) is 3.90. The molecule has 2 heterocycles. The zero-order chi connectivity index (χ0) is 19.2. The van der Waals surface area contributed by atoms with Crippen LogP contribution in [0.1, 0.15) is 11.3 Å². The molecular weight excluding hydrogens is 384 g/mol. The fraction of sp³-hybridized carbons (Fsp3) is 0.211. The van der Waals surface area contributed by atoms with E-state index in [2.05, 4.69) is 5.32 Å². The van der Waals surface area contributed by atoms with Gasteiger partial charge in [-0.2, -0.15) is 0 Å². The number of rotatable bonds is 7. The third-order valence-corrected chi connectivity index (χ3v) is 5.28. The highest BCUT2D eigenvalue weighted by Crippen LogP contribution is 2.32. The minimum absolute atomic E-state index is 0.189. The summed E-state index contributed by atoms with van der Waals surface area (Å²) in [5.74, 6) is -0.163. The van der Waals surface area contributed by atoms with Gasteiger partial charge in [-0.25, -0.2) is 0 Å². The van der Waals surface area contributed by atoms with Crippen LogP contribution in [-0.4, -0.2) is 45.3 Å². The van der Waals surface area contributed by atoms with E-state index in [0.29, 0.717) is 21.4 Å². The van der Waals surface area contributed by atoms with E-state index in [-0.39, 0.29) is 25.0 Å². The predicted molar refractivity (Wildman–Crippen MR) is 108 cm³/mol. The number of nitrogens with zero attached hydrogens (tertiary/aromatic N) is 1. The Kier molecular flexibility index (Phi) is 6.44. The summed E-state index contributed by atoms with van der Waals surface area (Å²) in [6.45, 7) is -0.386. The molecule has 1 aliphatic heterocycles. The second-order valence-corrected chi connectivity index (χ2v) is 7.60. The van der Waals surface area contributed by atoms with Gasteiger partial charge in [0, 0.05) is 6.08 Å². The van der Waals surface area contributed by atoms with Crippen molar-refractivity contribution >= 4 is 46.2 Å². The van der Waals surface area contributed by atoms with Crippen molar-refractivity contribution in [1.29, 1.82) is 0 Å². The summed E-state index contributed by atoms with van der Waals surface area (Å²) in [5, 5.41) is 12.3. The summed E-state index contributed by atoms with van der Waals surface area (Å²) in [7, 11) is 0. The van der Waals surface area contributed by atoms with Gasteiger partial charge in [0.2, 0.25) is 5.91 Å². The van der Waals surface area contributed by atoms with Gasteiger partial charge in [0.05, 0.1) is 23.8 Å². The highest BCUT2D eigenvalue weighted by Gasteiger charge is 2.33. The van der Waals surface area contributed by atoms with Crippen molar-refractivity contribution in [3.8, 4) is 0 Å². The minimum Gasteiger partial charge on any atom is -0.465 e. The number of aliphatic hydroxyl groups excluding tert-OH is 1. The maximum Gasteiger partial charge on any atom is 0.266 e. The summed E-state index contributed by atoms with van der Waals surface area (Å²) in [5.41, 5.74) is 1.00. The van der Waals surface area contributed by atoms with Crippen LogP contribution >= 0.6 is 24.0 Å². The number of carbonyl (C=O) groups is 2. The molecule has 1 atom stereocenters. The van der Waals surface area contributed by atoms with Crippen molar-refractivity contribution in [2.24, 2.45) is 0 Å². The van der Waals surface area contributed by atoms with Crippen LogP contribution in [0.5, 0.6) is 0 Å². The van der Waals surface area contributed by atoms with E-state index in [1.807, 2.05) is 30.3 Å². The third kappa shape index (κ3) is 5.06. The van der Waals surface area contributed by atoms with Crippen molar-refractivity contribution in [2.75, 3.05) is 13.2 Å². The lowest BCUT2D eigenvalue weighted by Gasteiger charge is -2.19. The number of furan rings is 1. The average Bonchev–Trinajstić information content (AvgIpc) is 3.26. The van der Waals surface area contributed by atoms with Gasteiger partial charge in [-0.1, -0.05) is 54.3 Å². The van der Waals surface area contributed by atoms with Crippen LogP contribution in [0.4, 0.5) is 0 Å². The molecule has 6 nitrogen and oxygen atoms in total. The van der Waals surface area contributed by atoms with Crippen LogP contribution in [0.25, 0.3) is 6.08 Å². The van der Waals surface area contributed by atoms with Crippen LogP contribution in [0.15, 0.2) is 58.1 Å². The first-order chi connectivity index (χ1) is 13.1. The number of carbonyl (C=O) groups excluding carboxylic acids is 2. The zero-order valence-electron chi connectivity index (χ0n) is 14.3. The highest BCUT2D eigenvalue weighted by atomic mass is 32.2. The second-order valence-electron chi connectivity index (χ2n) is 5.92. The van der Waals surface area contributed by atoms with Gasteiger partial charge in [0.1, 0.15) is 16.6 Å². The number of thiocarbonyl (C=S) groups is 1. The van der Waals surface area contributed by atoms with E-state index in [9.17, 15) is 14.7 Å². The Balaban J connectivity index is 1.59. The molecule has 1 fully saturated rings. The summed E-state index contributed by atoms with van der Waals surface area (Å²) in [6, 6.07) is 12.6. The van der Waals surface area contributed by atoms with Crippen LogP contribution in [0, 0.1) is 0 Å². The second kappa shape index (κ2) is 8.98. The van der Waals surface area contributed by atoms with Crippen molar-refractivity contribution in [3.05, 3.63) is 65.0 Å². The first-order valence-electron chi connectivity index (χ1n) is 8.30. The summed E-state index contributed by atoms with van der Waals surface area (Å²) in [6.07, 6.45) is 3.62. The Labute approximate surface area is 166 Å². The lowest BCUT2D eigenvalue weighted by atomic mass is 10.1. The molecular formula is C19H18N2O4S2. The van der Waals surface area contributed by atoms with E-state index in [1.165, 1.54) is 11.2 Å². The molecule has 0 saturated carbocycles. The molecule has 2 amide bonds. The van der Waals surface area contributed by atoms with E-state index in [4.69, 9.17) is 16.6 Å². The lowest BCUT2D eigenvalue weighted by molar-refractivity contribution is -0.129. The lowest BCUT2D eigenvalue weighted by Crippen LogP contribution is -2.45. The minimum atomic E-state index is -0.433. The van der Waals surface area contributed by atoms with Crippen molar-refractivity contribution < 1.29 is 19.1 Å². The molecule has 0 spiro atoms. The van der Waals surface area contributed by atoms with Crippen LogP contribution < -0.4 is 5.32 Å². The quantitative estimate of drug-likeness (QED) is 0.546. The van der Waals surface area contributed by atoms with Gasteiger partial charge in [0.25, 0.3) is 5.91 Å². The molecule has 0 aliphatic carbocycles. The molecule has 1 unspecified atom stereocenters. The number of hydrogen-bond acceptors (Lipinski definition) is 6. The summed E-state index contributed by atoms with van der Waals surface area (Å²) < 4.78 is 5.52. The van der Waals surface area contributed by atoms with Gasteiger partial charge < -0.3 is 14.8 Å². The molecule has 1 aromatic heterocycles. The smallest absolute Gasteiger partial charge is 0.266 e. The molecule has 8 heteroatoms. The van der Waals surface area contributed by atoms with Crippen molar-refractivity contribution in [3.63, 3.8) is 0 Å². The summed E-state index contributed by atoms with van der Waals surface area (Å²) >= 11 is 6.35. The predicted octanol–water partition coefficient (Wildman–Crippen LogP) is 2.20. The standard InChI is InChI=1S/C19H18N2O4S2/c22-12-14(9-13-5-2-1-3-6-13)20-17(23)11-21-18(24)16(27-19(21)26)10-15-7-4-8-25-15/h1-8,10,14,22H,9,11-12H2,(H,20,23)/b16-10-. The molecule has 1 saturated heterocycles. The average molecular weight is 402 g/mol. The van der Waals surface area contributed by atoms with E-state index in [1.54, 1.807) is 18.2 Å². The van der Waals surface area contributed by atoms with Crippen LogP contribution in [0.3, 0.4) is 0 Å². The fourth-order valence-corrected chi connectivity index (χ4v) is 3.85. The number of amides is 2. The highest BCUT2D eigenvalue weighted by molar-refractivity contribution is 8.26. The fourth-order valence-electron chi connectivity index (χ4n) is 2.62. The normalized spacial score (nSPS) is 16.8. The molecule has 140 valence electrons. The zero-order valence-corrected chi connectivity index (χ0v) is 16.0. The van der Waals surface area contributed by atoms with Crippen molar-refractivity contribution in [2.45, 2.75) is 12.5 Å². The molecule has 27 heavy (non-hydrogen) atoms. The largest absolute Gasteiger partial charge is 0.465 e. The monoisotopic (exact) mass is 402 g/mol. The Hall–Kier alpha value is -2.42. The Bertz CT molecular complexity index is 850. The number of nitrogens with one attached hydrogen (secondary N) is 1. The van der Waals surface area contributed by atoms with Crippen LogP contribution in [-0.2, 0) is 16.0 Å². The van der Waals surface area contributed by atoms with Gasteiger partial charge >= 0.3 is 0 Å². The van der Waals surface area contributed by atoms with Crippen LogP contribution in [0.2, 0.25) is 0 Å². The Morgan fingerprint density at radius 1 is 1.30 bits per heavy atom. The molecule has 1 aromatic carbocycles. The number of hydrogen-bond donors (Lipinski definition) is 2. The first kappa shape index (κ1) is 19.3. The van der Waals surface area contributed by atoms with Gasteiger partial charge in [-0.05, 0) is 24.1 Å². The molecule has 0 radical (unpaired) electrons. The Morgan fingerprint density at radius 3 is 2.74 bits per heavy atom. The molecule has 2 aromatic rings. The van der Waals surface area contributed by atoms with Crippen molar-refractivity contribution in [1.82, 2.24) is 10.2 Å². The topological polar surface area (TPSA) is 82.8 Å². The van der Waals surface area contributed by atoms with Gasteiger partial charge in [-0.3, -0.25) is 14.5 Å². The van der Waals surface area contributed by atoms with E-state index >= 15 is 0 Å². The first-order valence-corrected chi connectivity index (χ1v) is 9.52. The van der Waals surface area contributed by atoms with E-state index in [0.717, 1.165) is 17.3 Å². The molecule has 0 bridgehead atoms. The SMILES string of the molecule is O=C(CN1C(=O)/C(=C/c2ccco2)SC1=S)NC(CO)Cc1ccccc1. The van der Waals surface area contributed by atoms with Gasteiger partial charge in [0.15, 0.2) is 0 Å². The molecule has 3 rings (SSSR count). The molecule has 1 aliphatic rings. The summed E-state index contributed by atoms with van der Waals surface area (Å²) in [4.78, 5) is 26.5. The maximum absolute atomic E-state index is 12.5. The molecule has 2 N–H and O–H groups in total. The number of benzene rings is 1. The number of thioether (sulfide) groups is 1. The maximum atomic E-state index is 12.5. The number of aliphatic hydroxyl groups is 1. The Morgan fingerprint density at radius 2 is 2.07 bits per heavy atom.